The van der Waals surface area contributed by atoms with Gasteiger partial charge in [-0.05, 0) is 65.5 Å². The van der Waals surface area contributed by atoms with Crippen LogP contribution in [0.3, 0.4) is 0 Å². The van der Waals surface area contributed by atoms with Gasteiger partial charge in [-0.1, -0.05) is 6.92 Å². The molecule has 0 saturated carbocycles. The Balaban J connectivity index is 2.42. The van der Waals surface area contributed by atoms with Crippen molar-refractivity contribution in [3.63, 3.8) is 0 Å². The molecule has 0 aromatic heterocycles. The molecular formula is C13H26FN. The third-order valence-corrected chi connectivity index (χ3v) is 3.96. The molecule has 1 nitrogen and oxygen atoms in total. The summed E-state index contributed by atoms with van der Waals surface area (Å²) in [5, 5.41) is 0. The minimum Gasteiger partial charge on any atom is -0.298 e. The first-order chi connectivity index (χ1) is 6.82. The zero-order valence-electron chi connectivity index (χ0n) is 10.9. The summed E-state index contributed by atoms with van der Waals surface area (Å²) in [5.41, 5.74) is 0.273. The number of nitrogens with zero attached hydrogens (tertiary/aromatic N) is 1. The minimum atomic E-state index is -0.656. The van der Waals surface area contributed by atoms with E-state index in [2.05, 4.69) is 32.6 Å². The molecule has 1 fully saturated rings. The zero-order valence-corrected chi connectivity index (χ0v) is 10.9. The molecule has 2 heteroatoms. The minimum absolute atomic E-state index is 0.229. The Hall–Kier alpha value is -0.110. The summed E-state index contributed by atoms with van der Waals surface area (Å²) < 4.78 is 13.2. The van der Waals surface area contributed by atoms with Crippen molar-refractivity contribution in [1.82, 2.24) is 4.90 Å². The molecule has 0 aromatic rings. The maximum atomic E-state index is 13.2. The van der Waals surface area contributed by atoms with E-state index in [1.165, 1.54) is 0 Å². The summed E-state index contributed by atoms with van der Waals surface area (Å²) in [4.78, 5) is 2.51. The fourth-order valence-corrected chi connectivity index (χ4v) is 2.47. The van der Waals surface area contributed by atoms with Crippen molar-refractivity contribution in [2.24, 2.45) is 11.8 Å². The lowest BCUT2D eigenvalue weighted by Gasteiger charge is -2.42. The number of hydrogen-bond donors (Lipinski definition) is 0. The number of likely N-dealkylation sites (tertiary alicyclic amines) is 1. The maximum Gasteiger partial charge on any atom is 0.100 e. The van der Waals surface area contributed by atoms with Crippen LogP contribution in [0.2, 0.25) is 0 Å². The van der Waals surface area contributed by atoms with E-state index >= 15 is 0 Å². The molecule has 0 aromatic carbocycles. The Kier molecular flexibility index (Phi) is 4.16. The van der Waals surface area contributed by atoms with Crippen LogP contribution in [-0.2, 0) is 0 Å². The second kappa shape index (κ2) is 4.82. The number of alkyl halides is 1. The lowest BCUT2D eigenvalue weighted by atomic mass is 9.82. The molecule has 1 saturated heterocycles. The van der Waals surface area contributed by atoms with Crippen LogP contribution >= 0.6 is 0 Å². The van der Waals surface area contributed by atoms with E-state index in [1.807, 2.05) is 0 Å². The summed E-state index contributed by atoms with van der Waals surface area (Å²) in [6.45, 7) is 12.8. The summed E-state index contributed by atoms with van der Waals surface area (Å²) in [6, 6.07) is 0. The van der Waals surface area contributed by atoms with Gasteiger partial charge < -0.3 is 0 Å². The largest absolute Gasteiger partial charge is 0.298 e. The highest BCUT2D eigenvalue weighted by molar-refractivity contribution is 4.84. The first-order valence-electron chi connectivity index (χ1n) is 6.21. The molecule has 1 aliphatic heterocycles. The van der Waals surface area contributed by atoms with Crippen molar-refractivity contribution in [3.8, 4) is 0 Å². The molecule has 2 atom stereocenters. The fourth-order valence-electron chi connectivity index (χ4n) is 2.47. The Morgan fingerprint density at radius 3 is 1.93 bits per heavy atom. The Labute approximate surface area is 94.0 Å². The van der Waals surface area contributed by atoms with Crippen LogP contribution in [0.1, 0.15) is 47.5 Å². The van der Waals surface area contributed by atoms with Gasteiger partial charge in [-0.2, -0.15) is 0 Å². The molecule has 2 unspecified atom stereocenters. The first-order valence-corrected chi connectivity index (χ1v) is 6.21. The zero-order chi connectivity index (χ0) is 11.6. The Bertz CT molecular complexity index is 187. The lowest BCUT2D eigenvalue weighted by Crippen LogP contribution is -2.47. The van der Waals surface area contributed by atoms with Gasteiger partial charge in [0.2, 0.25) is 0 Å². The van der Waals surface area contributed by atoms with Gasteiger partial charge in [-0.25, -0.2) is 4.39 Å². The highest BCUT2D eigenvalue weighted by atomic mass is 19.1. The maximum absolute atomic E-state index is 13.2. The van der Waals surface area contributed by atoms with E-state index in [-0.39, 0.29) is 11.5 Å². The topological polar surface area (TPSA) is 3.24 Å². The van der Waals surface area contributed by atoms with Gasteiger partial charge in [0.1, 0.15) is 6.17 Å². The van der Waals surface area contributed by atoms with Crippen LogP contribution in [0, 0.1) is 11.8 Å². The van der Waals surface area contributed by atoms with Crippen molar-refractivity contribution in [3.05, 3.63) is 0 Å². The average Bonchev–Trinajstić information content (AvgIpc) is 2.15. The van der Waals surface area contributed by atoms with Crippen molar-refractivity contribution in [2.45, 2.75) is 59.2 Å². The SMILES string of the molecule is CC(F)C(C)C1CCN(C(C)(C)C)CC1. The molecule has 0 aliphatic carbocycles. The predicted octanol–water partition coefficient (Wildman–Crippen LogP) is 3.49. The standard InChI is InChI=1S/C13H26FN/c1-10(11(2)14)12-6-8-15(9-7-12)13(3,4)5/h10-12H,6-9H2,1-5H3. The van der Waals surface area contributed by atoms with E-state index in [9.17, 15) is 4.39 Å². The molecule has 1 aliphatic rings. The molecule has 0 radical (unpaired) electrons. The second-order valence-electron chi connectivity index (χ2n) is 6.03. The van der Waals surface area contributed by atoms with Crippen LogP contribution in [0.4, 0.5) is 4.39 Å². The second-order valence-corrected chi connectivity index (χ2v) is 6.03. The van der Waals surface area contributed by atoms with Crippen molar-refractivity contribution < 1.29 is 4.39 Å². The van der Waals surface area contributed by atoms with Gasteiger partial charge in [0.15, 0.2) is 0 Å². The van der Waals surface area contributed by atoms with Crippen LogP contribution in [0.15, 0.2) is 0 Å². The lowest BCUT2D eigenvalue weighted by molar-refractivity contribution is 0.0578. The number of halogens is 1. The molecular weight excluding hydrogens is 189 g/mol. The summed E-state index contributed by atoms with van der Waals surface area (Å²) in [6.07, 6.45) is 1.66. The van der Waals surface area contributed by atoms with Gasteiger partial charge in [0.05, 0.1) is 0 Å². The number of piperidine rings is 1. The van der Waals surface area contributed by atoms with E-state index in [4.69, 9.17) is 0 Å². The summed E-state index contributed by atoms with van der Waals surface area (Å²) >= 11 is 0. The van der Waals surface area contributed by atoms with Crippen LogP contribution in [0.25, 0.3) is 0 Å². The molecule has 0 bridgehead atoms. The van der Waals surface area contributed by atoms with Crippen molar-refractivity contribution in [1.29, 1.82) is 0 Å². The van der Waals surface area contributed by atoms with E-state index in [0.29, 0.717) is 5.92 Å². The molecule has 0 amide bonds. The normalized spacial score (nSPS) is 25.2. The molecule has 0 N–H and O–H groups in total. The highest BCUT2D eigenvalue weighted by Gasteiger charge is 2.30. The van der Waals surface area contributed by atoms with Gasteiger partial charge in [-0.3, -0.25) is 4.90 Å². The Morgan fingerprint density at radius 2 is 1.60 bits per heavy atom. The van der Waals surface area contributed by atoms with E-state index in [1.54, 1.807) is 6.92 Å². The highest BCUT2D eigenvalue weighted by Crippen LogP contribution is 2.30. The third-order valence-electron chi connectivity index (χ3n) is 3.96. The van der Waals surface area contributed by atoms with Crippen LogP contribution < -0.4 is 0 Å². The monoisotopic (exact) mass is 215 g/mol. The smallest absolute Gasteiger partial charge is 0.100 e. The first kappa shape index (κ1) is 13.0. The van der Waals surface area contributed by atoms with Gasteiger partial charge >= 0.3 is 0 Å². The summed E-state index contributed by atoms with van der Waals surface area (Å²) in [7, 11) is 0. The van der Waals surface area contributed by atoms with Crippen LogP contribution in [0.5, 0.6) is 0 Å². The Morgan fingerprint density at radius 1 is 1.13 bits per heavy atom. The van der Waals surface area contributed by atoms with Crippen molar-refractivity contribution in [2.75, 3.05) is 13.1 Å². The molecule has 15 heavy (non-hydrogen) atoms. The van der Waals surface area contributed by atoms with E-state index in [0.717, 1.165) is 25.9 Å². The number of rotatable bonds is 2. The van der Waals surface area contributed by atoms with Gasteiger partial charge in [-0.15, -0.1) is 0 Å². The molecule has 1 heterocycles. The predicted molar refractivity (Wildman–Crippen MR) is 63.8 cm³/mol. The third kappa shape index (κ3) is 3.44. The van der Waals surface area contributed by atoms with Gasteiger partial charge in [0.25, 0.3) is 0 Å². The fraction of sp³-hybridized carbons (Fsp3) is 1.00. The summed E-state index contributed by atoms with van der Waals surface area (Å²) in [5.74, 6) is 0.815. The molecule has 90 valence electrons. The van der Waals surface area contributed by atoms with E-state index < -0.39 is 6.17 Å². The molecule has 0 spiro atoms. The average molecular weight is 215 g/mol. The van der Waals surface area contributed by atoms with Gasteiger partial charge in [0, 0.05) is 5.54 Å². The quantitative estimate of drug-likeness (QED) is 0.681. The molecule has 1 rings (SSSR count). The van der Waals surface area contributed by atoms with Crippen molar-refractivity contribution >= 4 is 0 Å². The van der Waals surface area contributed by atoms with Crippen LogP contribution in [-0.4, -0.2) is 29.7 Å². The number of hydrogen-bond acceptors (Lipinski definition) is 1.